The van der Waals surface area contributed by atoms with Gasteiger partial charge >= 0.3 is 6.18 Å². The number of alkyl halides is 3. The average molecular weight is 500 g/mol. The van der Waals surface area contributed by atoms with E-state index in [-0.39, 0.29) is 42.5 Å². The maximum atomic E-state index is 13.6. The highest BCUT2D eigenvalue weighted by Gasteiger charge is 2.61. The fourth-order valence-corrected chi connectivity index (χ4v) is 6.10. The number of primary amides is 1. The Bertz CT molecular complexity index is 952. The van der Waals surface area contributed by atoms with Crippen molar-refractivity contribution in [3.63, 3.8) is 0 Å². The van der Waals surface area contributed by atoms with E-state index in [0.717, 1.165) is 25.2 Å². The van der Waals surface area contributed by atoms with Gasteiger partial charge in [0.2, 0.25) is 23.6 Å². The van der Waals surface area contributed by atoms with Gasteiger partial charge in [-0.3, -0.25) is 19.2 Å². The zero-order chi connectivity index (χ0) is 25.9. The van der Waals surface area contributed by atoms with E-state index in [0.29, 0.717) is 13.0 Å². The summed E-state index contributed by atoms with van der Waals surface area (Å²) >= 11 is 0. The molecule has 4 rings (SSSR count). The Labute approximate surface area is 201 Å². The minimum Gasteiger partial charge on any atom is -0.368 e. The van der Waals surface area contributed by atoms with Gasteiger partial charge in [-0.2, -0.15) is 13.2 Å². The summed E-state index contributed by atoms with van der Waals surface area (Å²) in [4.78, 5) is 52.1. The molecule has 12 heteroatoms. The van der Waals surface area contributed by atoms with E-state index in [1.165, 1.54) is 0 Å². The molecule has 6 N–H and O–H groups in total. The molecule has 4 amide bonds. The molecule has 0 radical (unpaired) electrons. The quantitative estimate of drug-likeness (QED) is 0.366. The molecule has 0 aromatic rings. The first kappa shape index (κ1) is 25.5. The number of hydrogen-bond donors (Lipinski definition) is 4. The number of nitrogens with one attached hydrogen (secondary N) is 2. The van der Waals surface area contributed by atoms with Gasteiger partial charge in [0, 0.05) is 19.0 Å². The van der Waals surface area contributed by atoms with E-state index in [9.17, 15) is 32.3 Å². The van der Waals surface area contributed by atoms with Gasteiger partial charge in [-0.05, 0) is 56.8 Å². The van der Waals surface area contributed by atoms with Crippen molar-refractivity contribution in [1.29, 1.82) is 0 Å². The lowest BCUT2D eigenvalue weighted by atomic mass is 9.81. The highest BCUT2D eigenvalue weighted by molar-refractivity contribution is 5.94. The van der Waals surface area contributed by atoms with Gasteiger partial charge in [0.25, 0.3) is 0 Å². The molecule has 3 fully saturated rings. The molecule has 35 heavy (non-hydrogen) atoms. The number of amides is 4. The zero-order valence-electron chi connectivity index (χ0n) is 19.7. The summed E-state index contributed by atoms with van der Waals surface area (Å²) in [7, 11) is 0. The lowest BCUT2D eigenvalue weighted by Crippen LogP contribution is -2.61. The van der Waals surface area contributed by atoms with Crippen molar-refractivity contribution >= 4 is 23.6 Å². The second-order valence-electron chi connectivity index (χ2n) is 10.8. The smallest absolute Gasteiger partial charge is 0.368 e. The van der Waals surface area contributed by atoms with Crippen molar-refractivity contribution in [2.24, 2.45) is 46.5 Å². The summed E-state index contributed by atoms with van der Waals surface area (Å²) in [6.45, 7) is 2.30. The van der Waals surface area contributed by atoms with Crippen molar-refractivity contribution in [3.8, 4) is 0 Å². The number of fused-ring (bicyclic) bond motifs is 5. The number of halogens is 3. The van der Waals surface area contributed by atoms with Crippen molar-refractivity contribution in [2.45, 2.75) is 57.4 Å². The number of rotatable bonds is 7. The summed E-state index contributed by atoms with van der Waals surface area (Å²) in [6.07, 6.45) is 0.590. The summed E-state index contributed by atoms with van der Waals surface area (Å²) in [5.41, 5.74) is 8.85. The summed E-state index contributed by atoms with van der Waals surface area (Å²) in [6, 6.07) is -4.14. The average Bonchev–Trinajstić information content (AvgIpc) is 3.53. The second-order valence-corrected chi connectivity index (χ2v) is 10.8. The lowest BCUT2D eigenvalue weighted by Gasteiger charge is -2.37. The predicted molar refractivity (Wildman–Crippen MR) is 118 cm³/mol. The number of nitrogens with two attached hydrogens (primary N) is 2. The summed E-state index contributed by atoms with van der Waals surface area (Å²) < 4.78 is 40.8. The van der Waals surface area contributed by atoms with E-state index >= 15 is 0 Å². The minimum atomic E-state index is -4.73. The fraction of sp³-hybridized carbons (Fsp3) is 0.739. The normalized spacial score (nSPS) is 33.4. The first-order chi connectivity index (χ1) is 16.2. The van der Waals surface area contributed by atoms with Gasteiger partial charge in [-0.15, -0.1) is 0 Å². The van der Waals surface area contributed by atoms with Crippen molar-refractivity contribution in [1.82, 2.24) is 15.5 Å². The van der Waals surface area contributed by atoms with Crippen molar-refractivity contribution in [2.75, 3.05) is 13.1 Å². The van der Waals surface area contributed by atoms with Crippen LogP contribution in [0.2, 0.25) is 0 Å². The molecular weight excluding hydrogens is 467 g/mol. The Balaban J connectivity index is 1.58. The van der Waals surface area contributed by atoms with Gasteiger partial charge in [-0.1, -0.05) is 12.2 Å². The van der Waals surface area contributed by atoms with Crippen molar-refractivity contribution < 1.29 is 32.3 Å². The molecule has 2 aliphatic carbocycles. The maximum Gasteiger partial charge on any atom is 0.395 e. The Kier molecular flexibility index (Phi) is 6.40. The van der Waals surface area contributed by atoms with Crippen LogP contribution in [-0.4, -0.2) is 65.9 Å². The Hall–Kier alpha value is -2.63. The summed E-state index contributed by atoms with van der Waals surface area (Å²) in [5.74, 6) is -3.42. The second kappa shape index (κ2) is 8.79. The number of carbonyl (C=O) groups excluding carboxylic acids is 4. The highest BCUT2D eigenvalue weighted by Crippen LogP contribution is 2.54. The SMILES string of the molecule is CC(C)([C@H](N)C(=O)N1C[C@H]2[C@@H]([C@H]1C(=O)N[C@@H](C[C@@H]1CCNC1=O)C(N)=O)[C@H]1C=C[C@@H]2C1)C(F)(F)F. The number of nitrogens with zero attached hydrogens (tertiary/aromatic N) is 1. The molecule has 1 saturated carbocycles. The van der Waals surface area contributed by atoms with E-state index in [2.05, 4.69) is 10.6 Å². The Morgan fingerprint density at radius 1 is 1.23 bits per heavy atom. The molecule has 9 nitrogen and oxygen atoms in total. The van der Waals surface area contributed by atoms with Crippen LogP contribution in [0, 0.1) is 35.0 Å². The standard InChI is InChI=1S/C23H32F3N5O4/c1-22(2,23(24,25)26)17(27)21(35)31-9-13-10-3-4-11(7-10)15(13)16(31)20(34)30-14(18(28)32)8-12-5-6-29-19(12)33/h3-4,10-17H,5-9,27H2,1-2H3,(H2,28,32)(H,29,33)(H,30,34)/t10-,11+,12+,13-,14+,15+,16+,17-/m1/s1. The summed E-state index contributed by atoms with van der Waals surface area (Å²) in [5, 5.41) is 5.26. The van der Waals surface area contributed by atoms with Crippen LogP contribution in [0.3, 0.4) is 0 Å². The topological polar surface area (TPSA) is 148 Å². The highest BCUT2D eigenvalue weighted by atomic mass is 19.4. The van der Waals surface area contributed by atoms with Crippen LogP contribution in [0.1, 0.15) is 33.1 Å². The Morgan fingerprint density at radius 2 is 1.89 bits per heavy atom. The Morgan fingerprint density at radius 3 is 2.46 bits per heavy atom. The molecule has 194 valence electrons. The van der Waals surface area contributed by atoms with Crippen molar-refractivity contribution in [3.05, 3.63) is 12.2 Å². The van der Waals surface area contributed by atoms with E-state index < -0.39 is 53.4 Å². The maximum absolute atomic E-state index is 13.6. The van der Waals surface area contributed by atoms with Gasteiger partial charge in [0.05, 0.1) is 11.5 Å². The van der Waals surface area contributed by atoms with Crippen LogP contribution in [0.15, 0.2) is 12.2 Å². The van der Waals surface area contributed by atoms with Crippen LogP contribution in [0.4, 0.5) is 13.2 Å². The number of likely N-dealkylation sites (tertiary alicyclic amines) is 1. The van der Waals surface area contributed by atoms with Gasteiger partial charge in [0.15, 0.2) is 0 Å². The third-order valence-electron chi connectivity index (χ3n) is 8.47. The molecular formula is C23H32F3N5O4. The molecule has 0 aromatic heterocycles. The van der Waals surface area contributed by atoms with Crippen LogP contribution in [-0.2, 0) is 19.2 Å². The largest absolute Gasteiger partial charge is 0.395 e. The predicted octanol–water partition coefficient (Wildman–Crippen LogP) is 0.0476. The monoisotopic (exact) mass is 499 g/mol. The number of allylic oxidation sites excluding steroid dienone is 2. The molecule has 2 heterocycles. The van der Waals surface area contributed by atoms with Gasteiger partial charge in [0.1, 0.15) is 12.1 Å². The van der Waals surface area contributed by atoms with Crippen LogP contribution in [0.25, 0.3) is 0 Å². The molecule has 2 saturated heterocycles. The van der Waals surface area contributed by atoms with Crippen LogP contribution < -0.4 is 22.1 Å². The fourth-order valence-electron chi connectivity index (χ4n) is 6.10. The minimum absolute atomic E-state index is 0.00182. The molecule has 8 atom stereocenters. The van der Waals surface area contributed by atoms with Crippen LogP contribution >= 0.6 is 0 Å². The third-order valence-corrected chi connectivity index (χ3v) is 8.47. The lowest BCUT2D eigenvalue weighted by molar-refractivity contribution is -0.220. The van der Waals surface area contributed by atoms with E-state index in [1.807, 2.05) is 12.2 Å². The first-order valence-electron chi connectivity index (χ1n) is 11.9. The molecule has 0 spiro atoms. The van der Waals surface area contributed by atoms with E-state index in [4.69, 9.17) is 11.5 Å². The molecule has 0 unspecified atom stereocenters. The molecule has 2 aliphatic heterocycles. The zero-order valence-corrected chi connectivity index (χ0v) is 19.7. The number of carbonyl (C=O) groups is 4. The first-order valence-corrected chi connectivity index (χ1v) is 11.9. The van der Waals surface area contributed by atoms with Crippen LogP contribution in [0.5, 0.6) is 0 Å². The van der Waals surface area contributed by atoms with E-state index in [1.54, 1.807) is 0 Å². The third kappa shape index (κ3) is 4.30. The molecule has 0 aromatic carbocycles. The molecule has 4 aliphatic rings. The molecule has 2 bridgehead atoms. The number of hydrogen-bond acceptors (Lipinski definition) is 5. The van der Waals surface area contributed by atoms with Gasteiger partial charge < -0.3 is 27.0 Å². The van der Waals surface area contributed by atoms with Gasteiger partial charge in [-0.25, -0.2) is 0 Å².